The molecule has 0 bridgehead atoms. The molecule has 28 heavy (non-hydrogen) atoms. The number of anilines is 2. The highest BCUT2D eigenvalue weighted by Gasteiger charge is 2.28. The van der Waals surface area contributed by atoms with Gasteiger partial charge in [0.1, 0.15) is 11.7 Å². The summed E-state index contributed by atoms with van der Waals surface area (Å²) in [6.07, 6.45) is 5.05. The number of hydrogen-bond donors (Lipinski definition) is 2. The Labute approximate surface area is 160 Å². The molecule has 0 spiro atoms. The zero-order valence-electron chi connectivity index (χ0n) is 15.3. The van der Waals surface area contributed by atoms with Gasteiger partial charge >= 0.3 is 0 Å². The predicted octanol–water partition coefficient (Wildman–Crippen LogP) is 1.48. The van der Waals surface area contributed by atoms with E-state index in [0.717, 1.165) is 23.4 Å². The van der Waals surface area contributed by atoms with Crippen molar-refractivity contribution in [3.8, 4) is 11.3 Å². The van der Waals surface area contributed by atoms with Gasteiger partial charge in [0.25, 0.3) is 0 Å². The maximum Gasteiger partial charge on any atom is 0.243 e. The van der Waals surface area contributed by atoms with Crippen molar-refractivity contribution in [1.29, 1.82) is 0 Å². The third-order valence-electron chi connectivity index (χ3n) is 5.13. The molecule has 10 heteroatoms. The third-order valence-corrected chi connectivity index (χ3v) is 5.13. The number of rotatable bonds is 3. The lowest BCUT2D eigenvalue weighted by atomic mass is 10.0. The molecule has 4 aromatic rings. The van der Waals surface area contributed by atoms with Crippen LogP contribution in [0.3, 0.4) is 0 Å². The summed E-state index contributed by atoms with van der Waals surface area (Å²) in [4.78, 5) is 11.0. The van der Waals surface area contributed by atoms with Crippen LogP contribution in [0.15, 0.2) is 36.8 Å². The Morgan fingerprint density at radius 1 is 1.18 bits per heavy atom. The van der Waals surface area contributed by atoms with E-state index in [1.807, 2.05) is 36.3 Å². The van der Waals surface area contributed by atoms with Gasteiger partial charge in [-0.05, 0) is 25.6 Å². The van der Waals surface area contributed by atoms with Gasteiger partial charge in [-0.1, -0.05) is 0 Å². The topological polar surface area (TPSA) is 102 Å². The molecule has 4 aromatic heterocycles. The van der Waals surface area contributed by atoms with Crippen LogP contribution in [-0.2, 0) is 0 Å². The summed E-state index contributed by atoms with van der Waals surface area (Å²) in [5.41, 5.74) is 9.23. The Morgan fingerprint density at radius 3 is 2.89 bits per heavy atom. The molecule has 3 N–H and O–H groups in total. The van der Waals surface area contributed by atoms with E-state index in [0.29, 0.717) is 30.2 Å². The first-order valence-electron chi connectivity index (χ1n) is 9.13. The molecule has 9 nitrogen and oxygen atoms in total. The average Bonchev–Trinajstić information content (AvgIpc) is 3.30. The van der Waals surface area contributed by atoms with Crippen LogP contribution in [0.4, 0.5) is 16.2 Å². The SMILES string of the molecule is CN1CCC(Nc2nc(N)c3c(-c4ccn5nccc5n4)ccn3n2)C(F)C1. The van der Waals surface area contributed by atoms with E-state index in [-0.39, 0.29) is 6.04 Å². The van der Waals surface area contributed by atoms with E-state index < -0.39 is 6.17 Å². The van der Waals surface area contributed by atoms with E-state index in [4.69, 9.17) is 5.73 Å². The van der Waals surface area contributed by atoms with Crippen molar-refractivity contribution in [3.05, 3.63) is 36.8 Å². The van der Waals surface area contributed by atoms with Gasteiger partial charge in [-0.2, -0.15) is 10.1 Å². The van der Waals surface area contributed by atoms with Crippen molar-refractivity contribution < 1.29 is 4.39 Å². The number of nitrogen functional groups attached to an aromatic ring is 1. The summed E-state index contributed by atoms with van der Waals surface area (Å²) < 4.78 is 17.7. The van der Waals surface area contributed by atoms with Crippen LogP contribution in [0.2, 0.25) is 0 Å². The summed E-state index contributed by atoms with van der Waals surface area (Å²) in [5, 5.41) is 11.7. The van der Waals surface area contributed by atoms with Crippen LogP contribution >= 0.6 is 0 Å². The molecule has 2 atom stereocenters. The lowest BCUT2D eigenvalue weighted by molar-refractivity contribution is 0.149. The molecule has 144 valence electrons. The van der Waals surface area contributed by atoms with Crippen LogP contribution in [0, 0.1) is 0 Å². The maximum absolute atomic E-state index is 14.3. The molecule has 1 aliphatic rings. The molecule has 5 heterocycles. The van der Waals surface area contributed by atoms with E-state index in [9.17, 15) is 4.39 Å². The van der Waals surface area contributed by atoms with Crippen molar-refractivity contribution in [2.24, 2.45) is 0 Å². The summed E-state index contributed by atoms with van der Waals surface area (Å²) in [6.45, 7) is 1.22. The number of nitrogens with two attached hydrogens (primary N) is 1. The molecular weight excluding hydrogens is 361 g/mol. The number of aromatic nitrogens is 6. The largest absolute Gasteiger partial charge is 0.382 e. The second kappa shape index (κ2) is 6.41. The van der Waals surface area contributed by atoms with Crippen molar-refractivity contribution >= 4 is 22.9 Å². The van der Waals surface area contributed by atoms with Crippen LogP contribution < -0.4 is 11.1 Å². The van der Waals surface area contributed by atoms with Crippen molar-refractivity contribution in [1.82, 2.24) is 34.1 Å². The fraction of sp³-hybridized carbons (Fsp3) is 0.333. The average molecular weight is 381 g/mol. The molecule has 0 aromatic carbocycles. The molecule has 0 aliphatic carbocycles. The molecule has 1 aliphatic heterocycles. The Kier molecular flexibility index (Phi) is 3.86. The normalized spacial score (nSPS) is 20.8. The molecule has 0 amide bonds. The lowest BCUT2D eigenvalue weighted by Crippen LogP contribution is -2.46. The van der Waals surface area contributed by atoms with E-state index in [1.165, 1.54) is 0 Å². The number of nitrogens with zero attached hydrogens (tertiary/aromatic N) is 7. The highest BCUT2D eigenvalue weighted by atomic mass is 19.1. The zero-order chi connectivity index (χ0) is 19.3. The molecule has 0 saturated carbocycles. The Morgan fingerprint density at radius 2 is 2.04 bits per heavy atom. The number of piperidine rings is 1. The molecule has 2 unspecified atom stereocenters. The fourth-order valence-corrected chi connectivity index (χ4v) is 3.67. The van der Waals surface area contributed by atoms with Gasteiger partial charge in [0.15, 0.2) is 11.5 Å². The van der Waals surface area contributed by atoms with Crippen molar-refractivity contribution in [3.63, 3.8) is 0 Å². The van der Waals surface area contributed by atoms with Gasteiger partial charge in [-0.25, -0.2) is 18.4 Å². The standard InChI is InChI=1S/C18H20FN9/c1-26-7-4-14(12(19)10-26)23-18-24-17(20)16-11(3-8-28(16)25-18)13-5-9-27-15(22-13)2-6-21-27/h2-3,5-6,8-9,12,14H,4,7,10H2,1H3,(H3,20,23,24,25). The first-order valence-corrected chi connectivity index (χ1v) is 9.13. The maximum atomic E-state index is 14.3. The van der Waals surface area contributed by atoms with Gasteiger partial charge in [-0.3, -0.25) is 0 Å². The smallest absolute Gasteiger partial charge is 0.243 e. The van der Waals surface area contributed by atoms with Gasteiger partial charge in [0.05, 0.1) is 17.9 Å². The van der Waals surface area contributed by atoms with Crippen LogP contribution in [0.1, 0.15) is 6.42 Å². The number of hydrogen-bond acceptors (Lipinski definition) is 7. The Balaban J connectivity index is 1.49. The van der Waals surface area contributed by atoms with E-state index in [2.05, 4.69) is 25.5 Å². The number of halogens is 1. The van der Waals surface area contributed by atoms with E-state index >= 15 is 0 Å². The minimum absolute atomic E-state index is 0.316. The molecule has 1 saturated heterocycles. The second-order valence-corrected chi connectivity index (χ2v) is 7.11. The first-order chi connectivity index (χ1) is 13.6. The summed E-state index contributed by atoms with van der Waals surface area (Å²) >= 11 is 0. The van der Waals surface area contributed by atoms with Gasteiger partial charge < -0.3 is 16.0 Å². The summed E-state index contributed by atoms with van der Waals surface area (Å²) in [5.74, 6) is 0.638. The predicted molar refractivity (Wildman–Crippen MR) is 104 cm³/mol. The Bertz CT molecular complexity index is 1150. The number of nitrogens with one attached hydrogen (secondary N) is 1. The minimum Gasteiger partial charge on any atom is -0.382 e. The highest BCUT2D eigenvalue weighted by molar-refractivity contribution is 5.86. The van der Waals surface area contributed by atoms with Crippen LogP contribution in [0.25, 0.3) is 22.4 Å². The minimum atomic E-state index is -0.980. The number of alkyl halides is 1. The Hall–Kier alpha value is -3.27. The highest BCUT2D eigenvalue weighted by Crippen LogP contribution is 2.28. The second-order valence-electron chi connectivity index (χ2n) is 7.11. The van der Waals surface area contributed by atoms with Crippen LogP contribution in [-0.4, -0.2) is 66.4 Å². The number of likely N-dealkylation sites (tertiary alicyclic amines) is 1. The lowest BCUT2D eigenvalue weighted by Gasteiger charge is -2.32. The first kappa shape index (κ1) is 16.9. The number of fused-ring (bicyclic) bond motifs is 2. The quantitative estimate of drug-likeness (QED) is 0.554. The monoisotopic (exact) mass is 381 g/mol. The van der Waals surface area contributed by atoms with Crippen molar-refractivity contribution in [2.45, 2.75) is 18.6 Å². The molecule has 5 rings (SSSR count). The van der Waals surface area contributed by atoms with Gasteiger partial charge in [0.2, 0.25) is 5.95 Å². The third kappa shape index (κ3) is 2.82. The summed E-state index contributed by atoms with van der Waals surface area (Å²) in [7, 11) is 1.92. The molecule has 1 fully saturated rings. The van der Waals surface area contributed by atoms with Crippen molar-refractivity contribution in [2.75, 3.05) is 31.2 Å². The zero-order valence-corrected chi connectivity index (χ0v) is 15.3. The van der Waals surface area contributed by atoms with Crippen LogP contribution in [0.5, 0.6) is 0 Å². The van der Waals surface area contributed by atoms with E-state index in [1.54, 1.807) is 21.4 Å². The molecule has 0 radical (unpaired) electrons. The van der Waals surface area contributed by atoms with Gasteiger partial charge in [-0.15, -0.1) is 5.10 Å². The fourth-order valence-electron chi connectivity index (χ4n) is 3.67. The summed E-state index contributed by atoms with van der Waals surface area (Å²) in [6, 6.07) is 5.27. The molecular formula is C18H20FN9. The van der Waals surface area contributed by atoms with Gasteiger partial charge in [0, 0.05) is 37.1 Å².